The van der Waals surface area contributed by atoms with Gasteiger partial charge in [-0.25, -0.2) is 0 Å². The first-order chi connectivity index (χ1) is 8.41. The third-order valence-corrected chi connectivity index (χ3v) is 2.90. The van der Waals surface area contributed by atoms with Crippen molar-refractivity contribution in [1.29, 1.82) is 0 Å². The van der Waals surface area contributed by atoms with Crippen molar-refractivity contribution in [3.8, 4) is 0 Å². The monoisotopic (exact) mass is 266 g/mol. The lowest BCUT2D eigenvalue weighted by Gasteiger charge is -2.05. The number of unbranched alkanes of at least 4 members (excludes halogenated alkanes) is 1. The highest BCUT2D eigenvalue weighted by Crippen LogP contribution is 1.99. The molecule has 104 valence electrons. The summed E-state index contributed by atoms with van der Waals surface area (Å²) in [6.07, 6.45) is 2.31. The summed E-state index contributed by atoms with van der Waals surface area (Å²) in [7, 11) is 0. The molecule has 0 aliphatic heterocycles. The average molecular weight is 266 g/mol. The lowest BCUT2D eigenvalue weighted by Crippen LogP contribution is -2.08. The van der Waals surface area contributed by atoms with Gasteiger partial charge in [-0.15, -0.1) is 0 Å². The topological polar surface area (TPSA) is 47.9 Å². The van der Waals surface area contributed by atoms with Crippen LogP contribution in [-0.2, 0) is 14.2 Å². The van der Waals surface area contributed by atoms with Crippen molar-refractivity contribution >= 4 is 11.8 Å². The minimum absolute atomic E-state index is 0.103. The number of thioether (sulfide) groups is 1. The fourth-order valence-corrected chi connectivity index (χ4v) is 1.75. The molecule has 0 aromatic rings. The van der Waals surface area contributed by atoms with E-state index in [0.29, 0.717) is 26.4 Å². The van der Waals surface area contributed by atoms with E-state index in [1.54, 1.807) is 11.8 Å². The molecule has 0 bridgehead atoms. The maximum atomic E-state index is 8.48. The molecular formula is C12H26O4S. The van der Waals surface area contributed by atoms with Crippen LogP contribution in [0, 0.1) is 0 Å². The number of hydrogen-bond donors (Lipinski definition) is 1. The number of rotatable bonds is 14. The van der Waals surface area contributed by atoms with Gasteiger partial charge in [0, 0.05) is 18.1 Å². The van der Waals surface area contributed by atoms with E-state index in [1.165, 1.54) is 6.42 Å². The Kier molecular flexibility index (Phi) is 16.4. The standard InChI is InChI=1S/C12H26O4S/c1-2-3-5-14-7-8-16-10-12-17-11-9-15-6-4-13/h13H,2-12H2,1H3. The summed E-state index contributed by atoms with van der Waals surface area (Å²) >= 11 is 1.80. The molecule has 4 nitrogen and oxygen atoms in total. The van der Waals surface area contributed by atoms with E-state index in [0.717, 1.165) is 31.1 Å². The lowest BCUT2D eigenvalue weighted by molar-refractivity contribution is 0.0527. The number of aliphatic hydroxyl groups excluding tert-OH is 1. The maximum Gasteiger partial charge on any atom is 0.0700 e. The van der Waals surface area contributed by atoms with E-state index in [1.807, 2.05) is 0 Å². The van der Waals surface area contributed by atoms with Gasteiger partial charge in [-0.05, 0) is 6.42 Å². The van der Waals surface area contributed by atoms with E-state index >= 15 is 0 Å². The SMILES string of the molecule is CCCCOCCOCCSCCOCCO. The summed E-state index contributed by atoms with van der Waals surface area (Å²) in [4.78, 5) is 0. The van der Waals surface area contributed by atoms with Crippen LogP contribution >= 0.6 is 11.8 Å². The first kappa shape index (κ1) is 17.2. The molecule has 0 aliphatic carbocycles. The summed E-state index contributed by atoms with van der Waals surface area (Å²) in [5.41, 5.74) is 0. The summed E-state index contributed by atoms with van der Waals surface area (Å²) < 4.78 is 15.9. The molecule has 0 aliphatic rings. The van der Waals surface area contributed by atoms with Gasteiger partial charge in [-0.3, -0.25) is 0 Å². The number of aliphatic hydroxyl groups is 1. The Balaban J connectivity index is 2.85. The molecule has 0 amide bonds. The van der Waals surface area contributed by atoms with Gasteiger partial charge in [0.2, 0.25) is 0 Å². The van der Waals surface area contributed by atoms with Gasteiger partial charge < -0.3 is 19.3 Å². The van der Waals surface area contributed by atoms with E-state index in [2.05, 4.69) is 6.92 Å². The van der Waals surface area contributed by atoms with Crippen molar-refractivity contribution in [2.75, 3.05) is 57.8 Å². The Morgan fingerprint density at radius 3 is 2.00 bits per heavy atom. The number of hydrogen-bond acceptors (Lipinski definition) is 5. The van der Waals surface area contributed by atoms with E-state index in [9.17, 15) is 0 Å². The summed E-state index contributed by atoms with van der Waals surface area (Å²) in [6, 6.07) is 0. The van der Waals surface area contributed by atoms with Crippen LogP contribution in [0.2, 0.25) is 0 Å². The average Bonchev–Trinajstić information content (AvgIpc) is 2.35. The summed E-state index contributed by atoms with van der Waals surface area (Å²) in [6.45, 7) is 6.39. The minimum atomic E-state index is 0.103. The second-order valence-corrected chi connectivity index (χ2v) is 4.75. The Hall–Kier alpha value is 0.190. The van der Waals surface area contributed by atoms with Crippen molar-refractivity contribution < 1.29 is 19.3 Å². The maximum absolute atomic E-state index is 8.48. The third-order valence-electron chi connectivity index (χ3n) is 1.99. The van der Waals surface area contributed by atoms with Gasteiger partial charge >= 0.3 is 0 Å². The van der Waals surface area contributed by atoms with E-state index in [-0.39, 0.29) is 6.61 Å². The van der Waals surface area contributed by atoms with Gasteiger partial charge in [0.15, 0.2) is 0 Å². The molecule has 0 heterocycles. The molecular weight excluding hydrogens is 240 g/mol. The summed E-state index contributed by atoms with van der Waals surface area (Å²) in [5.74, 6) is 1.94. The van der Waals surface area contributed by atoms with Gasteiger partial charge in [0.1, 0.15) is 0 Å². The Bertz CT molecular complexity index is 122. The van der Waals surface area contributed by atoms with Crippen molar-refractivity contribution in [1.82, 2.24) is 0 Å². The molecule has 17 heavy (non-hydrogen) atoms. The zero-order valence-electron chi connectivity index (χ0n) is 10.9. The Morgan fingerprint density at radius 2 is 1.41 bits per heavy atom. The Labute approximate surface area is 109 Å². The van der Waals surface area contributed by atoms with Gasteiger partial charge in [-0.1, -0.05) is 13.3 Å². The largest absolute Gasteiger partial charge is 0.394 e. The fourth-order valence-electron chi connectivity index (χ4n) is 1.07. The van der Waals surface area contributed by atoms with Crippen LogP contribution in [0.5, 0.6) is 0 Å². The molecule has 0 fully saturated rings. The molecule has 0 radical (unpaired) electrons. The van der Waals surface area contributed by atoms with E-state index in [4.69, 9.17) is 19.3 Å². The Morgan fingerprint density at radius 1 is 0.824 bits per heavy atom. The van der Waals surface area contributed by atoms with Gasteiger partial charge in [-0.2, -0.15) is 11.8 Å². The lowest BCUT2D eigenvalue weighted by atomic mass is 10.4. The molecule has 0 aromatic heterocycles. The zero-order chi connectivity index (χ0) is 12.6. The van der Waals surface area contributed by atoms with Crippen LogP contribution in [0.1, 0.15) is 19.8 Å². The van der Waals surface area contributed by atoms with Crippen LogP contribution in [0.25, 0.3) is 0 Å². The highest BCUT2D eigenvalue weighted by atomic mass is 32.2. The predicted molar refractivity (Wildman–Crippen MR) is 71.8 cm³/mol. The zero-order valence-corrected chi connectivity index (χ0v) is 11.7. The van der Waals surface area contributed by atoms with Crippen molar-refractivity contribution in [3.63, 3.8) is 0 Å². The second-order valence-electron chi connectivity index (χ2n) is 3.53. The molecule has 0 rings (SSSR count). The first-order valence-corrected chi connectivity index (χ1v) is 7.49. The highest BCUT2D eigenvalue weighted by Gasteiger charge is 1.92. The quantitative estimate of drug-likeness (QED) is 0.484. The third kappa shape index (κ3) is 16.2. The second kappa shape index (κ2) is 16.2. The molecule has 0 saturated carbocycles. The minimum Gasteiger partial charge on any atom is -0.394 e. The molecule has 0 spiro atoms. The van der Waals surface area contributed by atoms with Crippen LogP contribution in [0.4, 0.5) is 0 Å². The van der Waals surface area contributed by atoms with E-state index < -0.39 is 0 Å². The molecule has 1 N–H and O–H groups in total. The van der Waals surface area contributed by atoms with Crippen LogP contribution in [0.15, 0.2) is 0 Å². The fraction of sp³-hybridized carbons (Fsp3) is 1.00. The molecule has 0 aromatic carbocycles. The molecule has 0 atom stereocenters. The van der Waals surface area contributed by atoms with Gasteiger partial charge in [0.05, 0.1) is 39.6 Å². The van der Waals surface area contributed by atoms with Crippen LogP contribution in [-0.4, -0.2) is 62.9 Å². The first-order valence-electron chi connectivity index (χ1n) is 6.33. The van der Waals surface area contributed by atoms with Gasteiger partial charge in [0.25, 0.3) is 0 Å². The van der Waals surface area contributed by atoms with Crippen molar-refractivity contribution in [2.45, 2.75) is 19.8 Å². The normalized spacial score (nSPS) is 10.9. The molecule has 0 unspecified atom stereocenters. The molecule has 5 heteroatoms. The smallest absolute Gasteiger partial charge is 0.0700 e. The predicted octanol–water partition coefficient (Wildman–Crippen LogP) is 1.56. The van der Waals surface area contributed by atoms with Crippen molar-refractivity contribution in [2.24, 2.45) is 0 Å². The highest BCUT2D eigenvalue weighted by molar-refractivity contribution is 7.99. The number of ether oxygens (including phenoxy) is 3. The van der Waals surface area contributed by atoms with Crippen LogP contribution < -0.4 is 0 Å². The van der Waals surface area contributed by atoms with Crippen molar-refractivity contribution in [3.05, 3.63) is 0 Å². The molecule has 0 saturated heterocycles. The van der Waals surface area contributed by atoms with Crippen LogP contribution in [0.3, 0.4) is 0 Å². The summed E-state index contributed by atoms with van der Waals surface area (Å²) in [5, 5.41) is 8.48.